The van der Waals surface area contributed by atoms with Crippen molar-refractivity contribution in [2.75, 3.05) is 0 Å². The summed E-state index contributed by atoms with van der Waals surface area (Å²) in [6.07, 6.45) is 2.92. The van der Waals surface area contributed by atoms with Crippen molar-refractivity contribution in [1.29, 1.82) is 0 Å². The Balaban J connectivity index is 3.15. The fraction of sp³-hybridized carbons (Fsp3) is 0.143. The minimum absolute atomic E-state index is 0.308. The maximum atomic E-state index is 12.7. The smallest absolute Gasteiger partial charge is 0.218 e. The molecule has 0 amide bonds. The van der Waals surface area contributed by atoms with Crippen molar-refractivity contribution in [2.24, 2.45) is 4.99 Å². The van der Waals surface area contributed by atoms with Crippen molar-refractivity contribution in [1.82, 2.24) is 10.2 Å². The van der Waals surface area contributed by atoms with Gasteiger partial charge in [0, 0.05) is 6.21 Å². The van der Waals surface area contributed by atoms with E-state index in [1.165, 1.54) is 6.08 Å². The van der Waals surface area contributed by atoms with E-state index in [2.05, 4.69) is 21.8 Å². The summed E-state index contributed by atoms with van der Waals surface area (Å²) in [6.45, 7) is 5.17. The molecule has 0 radical (unpaired) electrons. The zero-order chi connectivity index (χ0) is 8.27. The van der Waals surface area contributed by atoms with Crippen LogP contribution in [0.4, 0.5) is 10.2 Å². The molecule has 0 aliphatic rings. The Morgan fingerprint density at radius 2 is 2.45 bits per heavy atom. The fourth-order valence-corrected chi connectivity index (χ4v) is 0.722. The summed E-state index contributed by atoms with van der Waals surface area (Å²) in [5.41, 5.74) is 0.308. The van der Waals surface area contributed by atoms with Crippen LogP contribution >= 0.6 is 0 Å². The van der Waals surface area contributed by atoms with Crippen molar-refractivity contribution in [3.63, 3.8) is 0 Å². The maximum Gasteiger partial charge on any atom is 0.218 e. The lowest BCUT2D eigenvalue weighted by Crippen LogP contribution is -1.73. The lowest BCUT2D eigenvalue weighted by molar-refractivity contribution is 0.577. The molecule has 0 aromatic carbocycles. The third-order valence-electron chi connectivity index (χ3n) is 1.19. The van der Waals surface area contributed by atoms with E-state index in [0.29, 0.717) is 11.4 Å². The molecule has 0 saturated heterocycles. The zero-order valence-corrected chi connectivity index (χ0v) is 6.13. The van der Waals surface area contributed by atoms with Gasteiger partial charge in [-0.15, -0.1) is 0 Å². The molecule has 0 unspecified atom stereocenters. The number of hydrogen-bond donors (Lipinski definition) is 1. The molecule has 1 aromatic rings. The molecule has 4 heteroatoms. The molecule has 0 spiro atoms. The van der Waals surface area contributed by atoms with Crippen LogP contribution in [0.25, 0.3) is 6.08 Å². The molecule has 0 saturated carbocycles. The molecule has 0 atom stereocenters. The average Bonchev–Trinajstić information content (AvgIpc) is 2.33. The molecule has 1 aromatic heterocycles. The monoisotopic (exact) mass is 153 g/mol. The predicted octanol–water partition coefficient (Wildman–Crippen LogP) is 1.91. The van der Waals surface area contributed by atoms with Crippen molar-refractivity contribution in [3.8, 4) is 0 Å². The zero-order valence-electron chi connectivity index (χ0n) is 6.13. The van der Waals surface area contributed by atoms with E-state index >= 15 is 0 Å². The quantitative estimate of drug-likeness (QED) is 0.648. The third-order valence-corrected chi connectivity index (χ3v) is 1.19. The number of halogens is 1. The second kappa shape index (κ2) is 3.09. The van der Waals surface area contributed by atoms with Gasteiger partial charge in [-0.25, -0.2) is 4.99 Å². The lowest BCUT2D eigenvalue weighted by atomic mass is 10.3. The first kappa shape index (κ1) is 7.65. The minimum atomic E-state index is -0.499. The molecular formula is C7H8FN3. The Morgan fingerprint density at radius 1 is 1.73 bits per heavy atom. The predicted molar refractivity (Wildman–Crippen MR) is 42.5 cm³/mol. The first-order valence-electron chi connectivity index (χ1n) is 3.14. The van der Waals surface area contributed by atoms with Crippen molar-refractivity contribution in [2.45, 2.75) is 6.92 Å². The van der Waals surface area contributed by atoms with Crippen LogP contribution in [0.1, 0.15) is 12.5 Å². The highest BCUT2D eigenvalue weighted by molar-refractivity contribution is 5.65. The van der Waals surface area contributed by atoms with Crippen LogP contribution in [0.15, 0.2) is 11.6 Å². The van der Waals surface area contributed by atoms with Gasteiger partial charge in [0.2, 0.25) is 5.95 Å². The SMILES string of the molecule is C=Cc1c(N=CC)n[nH]c1F. The van der Waals surface area contributed by atoms with Gasteiger partial charge in [-0.3, -0.25) is 5.10 Å². The van der Waals surface area contributed by atoms with E-state index in [1.54, 1.807) is 13.1 Å². The van der Waals surface area contributed by atoms with E-state index in [9.17, 15) is 4.39 Å². The topological polar surface area (TPSA) is 41.0 Å². The van der Waals surface area contributed by atoms with Gasteiger partial charge in [-0.1, -0.05) is 12.7 Å². The van der Waals surface area contributed by atoms with Gasteiger partial charge in [0.25, 0.3) is 0 Å². The molecule has 1 rings (SSSR count). The first-order valence-corrected chi connectivity index (χ1v) is 3.14. The molecule has 3 nitrogen and oxygen atoms in total. The summed E-state index contributed by atoms with van der Waals surface area (Å²) >= 11 is 0. The molecule has 0 bridgehead atoms. The second-order valence-corrected chi connectivity index (χ2v) is 1.87. The van der Waals surface area contributed by atoms with Gasteiger partial charge in [-0.05, 0) is 6.92 Å². The van der Waals surface area contributed by atoms with Crippen molar-refractivity contribution < 1.29 is 4.39 Å². The van der Waals surface area contributed by atoms with Crippen molar-refractivity contribution >= 4 is 18.1 Å². The van der Waals surface area contributed by atoms with Crippen LogP contribution in [0.5, 0.6) is 0 Å². The van der Waals surface area contributed by atoms with E-state index in [1.807, 2.05) is 0 Å². The Bertz CT molecular complexity index is 288. The Kier molecular flexibility index (Phi) is 2.15. The minimum Gasteiger partial charge on any atom is -0.250 e. The Hall–Kier alpha value is -1.45. The van der Waals surface area contributed by atoms with Crippen molar-refractivity contribution in [3.05, 3.63) is 18.1 Å². The largest absolute Gasteiger partial charge is 0.250 e. The number of aromatic amines is 1. The lowest BCUT2D eigenvalue weighted by Gasteiger charge is -1.85. The van der Waals surface area contributed by atoms with Crippen LogP contribution in [-0.4, -0.2) is 16.4 Å². The van der Waals surface area contributed by atoms with Crippen LogP contribution in [0.2, 0.25) is 0 Å². The normalized spacial score (nSPS) is 10.7. The first-order chi connectivity index (χ1) is 5.29. The molecule has 0 fully saturated rings. The van der Waals surface area contributed by atoms with Gasteiger partial charge in [0.05, 0.1) is 5.56 Å². The summed E-state index contributed by atoms with van der Waals surface area (Å²) in [5, 5.41) is 5.78. The molecular weight excluding hydrogens is 145 g/mol. The van der Waals surface area contributed by atoms with Crippen LogP contribution < -0.4 is 0 Å². The standard InChI is InChI=1S/C7H8FN3/c1-3-5-6(8)10-11-7(5)9-4-2/h3-4H,1H2,2H3,(H,10,11). The second-order valence-electron chi connectivity index (χ2n) is 1.87. The molecule has 0 aliphatic heterocycles. The number of hydrogen-bond acceptors (Lipinski definition) is 2. The average molecular weight is 153 g/mol. The number of nitrogens with zero attached hydrogens (tertiary/aromatic N) is 2. The summed E-state index contributed by atoms with van der Waals surface area (Å²) in [5.74, 6) is -0.166. The molecule has 0 aliphatic carbocycles. The molecule has 1 heterocycles. The number of nitrogens with one attached hydrogen (secondary N) is 1. The number of rotatable bonds is 2. The molecule has 58 valence electrons. The van der Waals surface area contributed by atoms with E-state index in [-0.39, 0.29) is 0 Å². The third kappa shape index (κ3) is 1.34. The highest BCUT2D eigenvalue weighted by Crippen LogP contribution is 2.18. The highest BCUT2D eigenvalue weighted by Gasteiger charge is 2.06. The van der Waals surface area contributed by atoms with Crippen LogP contribution in [0.3, 0.4) is 0 Å². The van der Waals surface area contributed by atoms with Gasteiger partial charge < -0.3 is 0 Å². The van der Waals surface area contributed by atoms with E-state index in [0.717, 1.165) is 0 Å². The fourth-order valence-electron chi connectivity index (χ4n) is 0.722. The summed E-state index contributed by atoms with van der Waals surface area (Å²) in [6, 6.07) is 0. The molecule has 1 N–H and O–H groups in total. The molecule has 11 heavy (non-hydrogen) atoms. The van der Waals surface area contributed by atoms with Gasteiger partial charge in [-0.2, -0.15) is 9.49 Å². The summed E-state index contributed by atoms with van der Waals surface area (Å²) in [7, 11) is 0. The van der Waals surface area contributed by atoms with Gasteiger partial charge in [0.15, 0.2) is 5.82 Å². The maximum absolute atomic E-state index is 12.7. The summed E-state index contributed by atoms with van der Waals surface area (Å²) < 4.78 is 12.7. The van der Waals surface area contributed by atoms with E-state index in [4.69, 9.17) is 0 Å². The summed E-state index contributed by atoms with van der Waals surface area (Å²) in [4.78, 5) is 3.82. The number of aromatic nitrogens is 2. The van der Waals surface area contributed by atoms with E-state index < -0.39 is 5.95 Å². The van der Waals surface area contributed by atoms with Gasteiger partial charge in [0.1, 0.15) is 0 Å². The Labute approximate surface area is 63.7 Å². The number of aliphatic imine (C=N–C) groups is 1. The number of H-pyrrole nitrogens is 1. The van der Waals surface area contributed by atoms with Gasteiger partial charge >= 0.3 is 0 Å². The van der Waals surface area contributed by atoms with Crippen LogP contribution in [0, 0.1) is 5.95 Å². The Morgan fingerprint density at radius 3 is 3.00 bits per heavy atom. The highest BCUT2D eigenvalue weighted by atomic mass is 19.1. The van der Waals surface area contributed by atoms with Crippen LogP contribution in [-0.2, 0) is 0 Å².